The minimum absolute atomic E-state index is 0.132. The standard InChI is InChI=1S/C13H14BrN3O/c1-9(2)7-17-13(12(8-18)15-16-17)10-5-3-4-6-11(10)14/h3-6,18H,1,7-8H2,2H3. The second-order valence-corrected chi connectivity index (χ2v) is 4.99. The summed E-state index contributed by atoms with van der Waals surface area (Å²) in [6, 6.07) is 7.81. The number of nitrogens with zero attached hydrogens (tertiary/aromatic N) is 3. The van der Waals surface area contributed by atoms with Gasteiger partial charge in [-0.2, -0.15) is 0 Å². The van der Waals surface area contributed by atoms with Crippen molar-refractivity contribution in [3.8, 4) is 11.3 Å². The molecule has 0 amide bonds. The quantitative estimate of drug-likeness (QED) is 0.884. The largest absolute Gasteiger partial charge is 0.390 e. The summed E-state index contributed by atoms with van der Waals surface area (Å²) < 4.78 is 2.71. The Labute approximate surface area is 114 Å². The molecule has 2 rings (SSSR count). The van der Waals surface area contributed by atoms with Crippen molar-refractivity contribution in [2.45, 2.75) is 20.1 Å². The van der Waals surface area contributed by atoms with E-state index in [0.717, 1.165) is 21.3 Å². The molecule has 94 valence electrons. The Morgan fingerprint density at radius 1 is 1.44 bits per heavy atom. The van der Waals surface area contributed by atoms with E-state index in [1.807, 2.05) is 31.2 Å². The molecule has 0 radical (unpaired) electrons. The Hall–Kier alpha value is -1.46. The van der Waals surface area contributed by atoms with Crippen LogP contribution in [0.1, 0.15) is 12.6 Å². The van der Waals surface area contributed by atoms with Gasteiger partial charge in [-0.15, -0.1) is 5.10 Å². The average Bonchev–Trinajstić information content (AvgIpc) is 2.72. The van der Waals surface area contributed by atoms with E-state index in [4.69, 9.17) is 0 Å². The highest BCUT2D eigenvalue weighted by Gasteiger charge is 2.16. The summed E-state index contributed by atoms with van der Waals surface area (Å²) in [5.41, 5.74) is 3.35. The molecule has 4 nitrogen and oxygen atoms in total. The maximum absolute atomic E-state index is 9.36. The molecular weight excluding hydrogens is 294 g/mol. The number of allylic oxidation sites excluding steroid dienone is 1. The molecule has 18 heavy (non-hydrogen) atoms. The van der Waals surface area contributed by atoms with Crippen molar-refractivity contribution < 1.29 is 5.11 Å². The van der Waals surface area contributed by atoms with Crippen LogP contribution in [0.4, 0.5) is 0 Å². The van der Waals surface area contributed by atoms with Crippen molar-refractivity contribution >= 4 is 15.9 Å². The van der Waals surface area contributed by atoms with Crippen molar-refractivity contribution in [3.05, 3.63) is 46.6 Å². The normalized spacial score (nSPS) is 10.6. The first-order valence-corrected chi connectivity index (χ1v) is 6.35. The Morgan fingerprint density at radius 3 is 2.78 bits per heavy atom. The lowest BCUT2D eigenvalue weighted by Crippen LogP contribution is -2.04. The molecule has 0 saturated heterocycles. The van der Waals surface area contributed by atoms with Crippen molar-refractivity contribution in [2.24, 2.45) is 0 Å². The van der Waals surface area contributed by atoms with E-state index < -0.39 is 0 Å². The van der Waals surface area contributed by atoms with Crippen LogP contribution < -0.4 is 0 Å². The first kappa shape index (κ1) is 13.0. The molecule has 1 aromatic heterocycles. The van der Waals surface area contributed by atoms with Crippen molar-refractivity contribution in [1.29, 1.82) is 0 Å². The first-order chi connectivity index (χ1) is 8.63. The predicted octanol–water partition coefficient (Wildman–Crippen LogP) is 2.78. The van der Waals surface area contributed by atoms with Crippen LogP contribution in [0.25, 0.3) is 11.3 Å². The van der Waals surface area contributed by atoms with Crippen LogP contribution in [-0.4, -0.2) is 20.1 Å². The SMILES string of the molecule is C=C(C)Cn1nnc(CO)c1-c1ccccc1Br. The van der Waals surface area contributed by atoms with Gasteiger partial charge < -0.3 is 5.11 Å². The summed E-state index contributed by atoms with van der Waals surface area (Å²) >= 11 is 3.51. The summed E-state index contributed by atoms with van der Waals surface area (Å²) in [5.74, 6) is 0. The van der Waals surface area contributed by atoms with E-state index in [1.54, 1.807) is 4.68 Å². The summed E-state index contributed by atoms with van der Waals surface area (Å²) in [7, 11) is 0. The second-order valence-electron chi connectivity index (χ2n) is 4.14. The number of rotatable bonds is 4. The number of hydrogen-bond acceptors (Lipinski definition) is 3. The Balaban J connectivity index is 2.57. The zero-order chi connectivity index (χ0) is 13.1. The summed E-state index contributed by atoms with van der Waals surface area (Å²) in [6.07, 6.45) is 0. The molecule has 0 aliphatic rings. The molecule has 0 atom stereocenters. The number of benzene rings is 1. The van der Waals surface area contributed by atoms with Gasteiger partial charge in [-0.3, -0.25) is 0 Å². The van der Waals surface area contributed by atoms with Crippen LogP contribution in [0.5, 0.6) is 0 Å². The van der Waals surface area contributed by atoms with Crippen molar-refractivity contribution in [3.63, 3.8) is 0 Å². The van der Waals surface area contributed by atoms with E-state index in [0.29, 0.717) is 12.2 Å². The molecule has 1 N–H and O–H groups in total. The van der Waals surface area contributed by atoms with Crippen LogP contribution in [0.2, 0.25) is 0 Å². The van der Waals surface area contributed by atoms with Crippen LogP contribution in [-0.2, 0) is 13.2 Å². The first-order valence-electron chi connectivity index (χ1n) is 5.56. The monoisotopic (exact) mass is 307 g/mol. The van der Waals surface area contributed by atoms with Crippen molar-refractivity contribution in [2.75, 3.05) is 0 Å². The van der Waals surface area contributed by atoms with Gasteiger partial charge in [0.1, 0.15) is 5.69 Å². The molecule has 1 aromatic carbocycles. The third-order valence-corrected chi connectivity index (χ3v) is 3.19. The Kier molecular flexibility index (Phi) is 3.93. The van der Waals surface area contributed by atoms with Gasteiger partial charge in [-0.1, -0.05) is 51.5 Å². The Morgan fingerprint density at radius 2 is 2.17 bits per heavy atom. The highest BCUT2D eigenvalue weighted by Crippen LogP contribution is 2.30. The lowest BCUT2D eigenvalue weighted by atomic mass is 10.1. The summed E-state index contributed by atoms with van der Waals surface area (Å²) in [6.45, 7) is 6.27. The zero-order valence-electron chi connectivity index (χ0n) is 10.1. The molecule has 0 bridgehead atoms. The average molecular weight is 308 g/mol. The van der Waals surface area contributed by atoms with E-state index in [1.165, 1.54) is 0 Å². The van der Waals surface area contributed by atoms with Gasteiger partial charge in [0.05, 0.1) is 18.8 Å². The Bertz CT molecular complexity index is 577. The molecule has 0 fully saturated rings. The predicted molar refractivity (Wildman–Crippen MR) is 73.9 cm³/mol. The maximum Gasteiger partial charge on any atom is 0.116 e. The molecule has 0 aliphatic heterocycles. The highest BCUT2D eigenvalue weighted by atomic mass is 79.9. The number of aromatic nitrogens is 3. The fourth-order valence-corrected chi connectivity index (χ4v) is 2.24. The van der Waals surface area contributed by atoms with Gasteiger partial charge in [-0.05, 0) is 13.0 Å². The fraction of sp³-hybridized carbons (Fsp3) is 0.231. The van der Waals surface area contributed by atoms with Crippen molar-refractivity contribution in [1.82, 2.24) is 15.0 Å². The topological polar surface area (TPSA) is 50.9 Å². The third kappa shape index (κ3) is 2.52. The van der Waals surface area contributed by atoms with Gasteiger partial charge in [-0.25, -0.2) is 4.68 Å². The lowest BCUT2D eigenvalue weighted by molar-refractivity contribution is 0.277. The third-order valence-electron chi connectivity index (χ3n) is 2.50. The minimum Gasteiger partial charge on any atom is -0.390 e. The van der Waals surface area contributed by atoms with E-state index in [-0.39, 0.29) is 6.61 Å². The zero-order valence-corrected chi connectivity index (χ0v) is 11.7. The maximum atomic E-state index is 9.36. The molecule has 0 saturated carbocycles. The van der Waals surface area contributed by atoms with Gasteiger partial charge in [0.25, 0.3) is 0 Å². The van der Waals surface area contributed by atoms with E-state index in [2.05, 4.69) is 32.8 Å². The fourth-order valence-electron chi connectivity index (χ4n) is 1.77. The summed E-state index contributed by atoms with van der Waals surface area (Å²) in [5, 5.41) is 17.4. The number of aliphatic hydroxyl groups excluding tert-OH is 1. The van der Waals surface area contributed by atoms with Gasteiger partial charge in [0, 0.05) is 10.0 Å². The molecule has 2 aromatic rings. The molecular formula is C13H14BrN3O. The van der Waals surface area contributed by atoms with Gasteiger partial charge >= 0.3 is 0 Å². The molecule has 0 aliphatic carbocycles. The molecule has 0 unspecified atom stereocenters. The van der Waals surface area contributed by atoms with E-state index >= 15 is 0 Å². The number of aliphatic hydroxyl groups is 1. The number of hydrogen-bond donors (Lipinski definition) is 1. The number of halogens is 1. The van der Waals surface area contributed by atoms with Crippen LogP contribution >= 0.6 is 15.9 Å². The molecule has 0 spiro atoms. The summed E-state index contributed by atoms with van der Waals surface area (Å²) in [4.78, 5) is 0. The second kappa shape index (κ2) is 5.46. The van der Waals surface area contributed by atoms with Crippen LogP contribution in [0.15, 0.2) is 40.9 Å². The molecule has 5 heteroatoms. The highest BCUT2D eigenvalue weighted by molar-refractivity contribution is 9.10. The minimum atomic E-state index is -0.132. The lowest BCUT2D eigenvalue weighted by Gasteiger charge is -2.09. The van der Waals surface area contributed by atoms with Gasteiger partial charge in [0.2, 0.25) is 0 Å². The smallest absolute Gasteiger partial charge is 0.116 e. The van der Waals surface area contributed by atoms with Crippen LogP contribution in [0.3, 0.4) is 0 Å². The molecule has 1 heterocycles. The van der Waals surface area contributed by atoms with Gasteiger partial charge in [0.15, 0.2) is 0 Å². The van der Waals surface area contributed by atoms with Crippen LogP contribution in [0, 0.1) is 0 Å². The van der Waals surface area contributed by atoms with E-state index in [9.17, 15) is 5.11 Å².